The molecule has 1 atom stereocenters. The van der Waals surface area contributed by atoms with E-state index in [1.807, 2.05) is 19.1 Å². The SMILES string of the molecule is CCCC(CN)CNCc1ccc(C)o1. The minimum Gasteiger partial charge on any atom is -0.465 e. The van der Waals surface area contributed by atoms with Crippen LogP contribution in [0.1, 0.15) is 31.3 Å². The van der Waals surface area contributed by atoms with Crippen molar-refractivity contribution in [1.82, 2.24) is 5.32 Å². The summed E-state index contributed by atoms with van der Waals surface area (Å²) in [6.07, 6.45) is 2.39. The third kappa shape index (κ3) is 4.49. The molecule has 0 aliphatic heterocycles. The lowest BCUT2D eigenvalue weighted by atomic mass is 10.0. The highest BCUT2D eigenvalue weighted by Crippen LogP contribution is 2.07. The van der Waals surface area contributed by atoms with Gasteiger partial charge in [-0.15, -0.1) is 0 Å². The molecule has 3 nitrogen and oxygen atoms in total. The molecule has 0 fully saturated rings. The van der Waals surface area contributed by atoms with Gasteiger partial charge in [0.2, 0.25) is 0 Å². The van der Waals surface area contributed by atoms with Crippen LogP contribution in [0.3, 0.4) is 0 Å². The van der Waals surface area contributed by atoms with Gasteiger partial charge in [0.05, 0.1) is 6.54 Å². The second kappa shape index (κ2) is 6.64. The molecular weight excluding hydrogens is 188 g/mol. The molecule has 1 rings (SSSR count). The van der Waals surface area contributed by atoms with E-state index in [0.29, 0.717) is 5.92 Å². The van der Waals surface area contributed by atoms with Crippen LogP contribution in [-0.2, 0) is 6.54 Å². The van der Waals surface area contributed by atoms with Crippen LogP contribution in [0.25, 0.3) is 0 Å². The molecule has 0 aromatic carbocycles. The van der Waals surface area contributed by atoms with Gasteiger partial charge in [0.1, 0.15) is 11.5 Å². The number of hydrogen-bond donors (Lipinski definition) is 2. The quantitative estimate of drug-likeness (QED) is 0.724. The van der Waals surface area contributed by atoms with Crippen LogP contribution in [0.2, 0.25) is 0 Å². The molecule has 0 amide bonds. The molecule has 0 spiro atoms. The number of furan rings is 1. The third-order valence-corrected chi connectivity index (χ3v) is 2.56. The van der Waals surface area contributed by atoms with E-state index in [0.717, 1.165) is 31.2 Å². The number of rotatable bonds is 7. The van der Waals surface area contributed by atoms with Crippen molar-refractivity contribution in [2.24, 2.45) is 11.7 Å². The van der Waals surface area contributed by atoms with Crippen LogP contribution in [0.5, 0.6) is 0 Å². The predicted molar refractivity (Wildman–Crippen MR) is 62.6 cm³/mol. The molecule has 3 N–H and O–H groups in total. The van der Waals surface area contributed by atoms with Gasteiger partial charge in [-0.05, 0) is 44.5 Å². The number of hydrogen-bond acceptors (Lipinski definition) is 3. The first-order valence-corrected chi connectivity index (χ1v) is 5.72. The van der Waals surface area contributed by atoms with E-state index in [-0.39, 0.29) is 0 Å². The smallest absolute Gasteiger partial charge is 0.117 e. The second-order valence-corrected chi connectivity index (χ2v) is 4.03. The minimum atomic E-state index is 0.589. The van der Waals surface area contributed by atoms with Crippen LogP contribution < -0.4 is 11.1 Å². The maximum absolute atomic E-state index is 5.68. The summed E-state index contributed by atoms with van der Waals surface area (Å²) in [5.41, 5.74) is 5.68. The molecule has 0 radical (unpaired) electrons. The Bertz CT molecular complexity index is 270. The molecule has 1 aromatic heterocycles. The van der Waals surface area contributed by atoms with E-state index in [1.165, 1.54) is 12.8 Å². The summed E-state index contributed by atoms with van der Waals surface area (Å²) in [5, 5.41) is 3.38. The average Bonchev–Trinajstić information content (AvgIpc) is 2.63. The first kappa shape index (κ1) is 12.3. The fraction of sp³-hybridized carbons (Fsp3) is 0.667. The lowest BCUT2D eigenvalue weighted by molar-refractivity contribution is 0.417. The Morgan fingerprint density at radius 3 is 2.80 bits per heavy atom. The Morgan fingerprint density at radius 1 is 1.47 bits per heavy atom. The number of nitrogens with one attached hydrogen (secondary N) is 1. The van der Waals surface area contributed by atoms with Crippen molar-refractivity contribution >= 4 is 0 Å². The van der Waals surface area contributed by atoms with Crippen LogP contribution >= 0.6 is 0 Å². The van der Waals surface area contributed by atoms with Crippen molar-refractivity contribution in [1.29, 1.82) is 0 Å². The van der Waals surface area contributed by atoms with Crippen LogP contribution in [0, 0.1) is 12.8 Å². The maximum Gasteiger partial charge on any atom is 0.117 e. The van der Waals surface area contributed by atoms with E-state index >= 15 is 0 Å². The van der Waals surface area contributed by atoms with Crippen LogP contribution in [-0.4, -0.2) is 13.1 Å². The molecule has 0 saturated carbocycles. The highest BCUT2D eigenvalue weighted by atomic mass is 16.3. The van der Waals surface area contributed by atoms with Gasteiger partial charge in [0.15, 0.2) is 0 Å². The molecule has 3 heteroatoms. The van der Waals surface area contributed by atoms with Gasteiger partial charge in [0, 0.05) is 0 Å². The molecule has 1 aromatic rings. The lowest BCUT2D eigenvalue weighted by Crippen LogP contribution is -2.27. The van der Waals surface area contributed by atoms with Crippen LogP contribution in [0.15, 0.2) is 16.5 Å². The fourth-order valence-corrected chi connectivity index (χ4v) is 1.69. The van der Waals surface area contributed by atoms with Crippen molar-refractivity contribution in [3.8, 4) is 0 Å². The van der Waals surface area contributed by atoms with Gasteiger partial charge in [0.25, 0.3) is 0 Å². The molecule has 0 aliphatic rings. The summed E-state index contributed by atoms with van der Waals surface area (Å²) in [6, 6.07) is 4.00. The standard InChI is InChI=1S/C12H22N2O/c1-3-4-11(7-13)8-14-9-12-6-5-10(2)15-12/h5-6,11,14H,3-4,7-9,13H2,1-2H3. The largest absolute Gasteiger partial charge is 0.465 e. The van der Waals surface area contributed by atoms with Gasteiger partial charge in [-0.2, -0.15) is 0 Å². The molecule has 86 valence electrons. The predicted octanol–water partition coefficient (Wildman–Crippen LogP) is 2.05. The van der Waals surface area contributed by atoms with Crippen molar-refractivity contribution in [2.75, 3.05) is 13.1 Å². The highest BCUT2D eigenvalue weighted by Gasteiger charge is 2.05. The Kier molecular flexibility index (Phi) is 5.43. The van der Waals surface area contributed by atoms with Gasteiger partial charge < -0.3 is 15.5 Å². The monoisotopic (exact) mass is 210 g/mol. The third-order valence-electron chi connectivity index (χ3n) is 2.56. The summed E-state index contributed by atoms with van der Waals surface area (Å²) in [7, 11) is 0. The zero-order valence-corrected chi connectivity index (χ0v) is 9.75. The topological polar surface area (TPSA) is 51.2 Å². The molecule has 1 unspecified atom stereocenters. The normalized spacial score (nSPS) is 13.0. The van der Waals surface area contributed by atoms with E-state index in [2.05, 4.69) is 12.2 Å². The molecule has 0 aliphatic carbocycles. The van der Waals surface area contributed by atoms with Gasteiger partial charge in [-0.25, -0.2) is 0 Å². The van der Waals surface area contributed by atoms with E-state index in [1.54, 1.807) is 0 Å². The van der Waals surface area contributed by atoms with Gasteiger partial charge in [-0.3, -0.25) is 0 Å². The molecule has 0 saturated heterocycles. The van der Waals surface area contributed by atoms with E-state index in [4.69, 9.17) is 10.2 Å². The van der Waals surface area contributed by atoms with Crippen molar-refractivity contribution < 1.29 is 4.42 Å². The molecule has 1 heterocycles. The Balaban J connectivity index is 2.20. The molecule has 0 bridgehead atoms. The first-order valence-electron chi connectivity index (χ1n) is 5.72. The zero-order valence-electron chi connectivity index (χ0n) is 9.75. The Labute approximate surface area is 92.0 Å². The highest BCUT2D eigenvalue weighted by molar-refractivity contribution is 5.05. The first-order chi connectivity index (χ1) is 7.26. The summed E-state index contributed by atoms with van der Waals surface area (Å²) in [5.74, 6) is 2.56. The van der Waals surface area contributed by atoms with Crippen molar-refractivity contribution in [2.45, 2.75) is 33.2 Å². The summed E-state index contributed by atoms with van der Waals surface area (Å²) in [4.78, 5) is 0. The summed E-state index contributed by atoms with van der Waals surface area (Å²) in [6.45, 7) is 6.69. The minimum absolute atomic E-state index is 0.589. The number of aryl methyl sites for hydroxylation is 1. The molecular formula is C12H22N2O. The second-order valence-electron chi connectivity index (χ2n) is 4.03. The van der Waals surface area contributed by atoms with Gasteiger partial charge >= 0.3 is 0 Å². The van der Waals surface area contributed by atoms with Crippen molar-refractivity contribution in [3.05, 3.63) is 23.7 Å². The fourth-order valence-electron chi connectivity index (χ4n) is 1.69. The zero-order chi connectivity index (χ0) is 11.1. The van der Waals surface area contributed by atoms with E-state index < -0.39 is 0 Å². The maximum atomic E-state index is 5.68. The average molecular weight is 210 g/mol. The Hall–Kier alpha value is -0.800. The molecule has 15 heavy (non-hydrogen) atoms. The summed E-state index contributed by atoms with van der Waals surface area (Å²) < 4.78 is 5.47. The van der Waals surface area contributed by atoms with Crippen molar-refractivity contribution in [3.63, 3.8) is 0 Å². The lowest BCUT2D eigenvalue weighted by Gasteiger charge is -2.13. The van der Waals surface area contributed by atoms with Gasteiger partial charge in [-0.1, -0.05) is 13.3 Å². The van der Waals surface area contributed by atoms with E-state index in [9.17, 15) is 0 Å². The number of nitrogens with two attached hydrogens (primary N) is 1. The van der Waals surface area contributed by atoms with Crippen LogP contribution in [0.4, 0.5) is 0 Å². The Morgan fingerprint density at radius 2 is 2.27 bits per heavy atom. The summed E-state index contributed by atoms with van der Waals surface area (Å²) >= 11 is 0.